The molecule has 0 fully saturated rings. The van der Waals surface area contributed by atoms with Gasteiger partial charge >= 0.3 is 0 Å². The Morgan fingerprint density at radius 2 is 1.62 bits per heavy atom. The Labute approximate surface area is 361 Å². The first-order valence-corrected chi connectivity index (χ1v) is 23.0. The molecular weight excluding hydrogens is 795 g/mol. The molecule has 0 saturated heterocycles. The van der Waals surface area contributed by atoms with Crippen LogP contribution in [0.3, 0.4) is 0 Å². The molecule has 10 nitrogen and oxygen atoms in total. The third-order valence-electron chi connectivity index (χ3n) is 11.6. The van der Waals surface area contributed by atoms with E-state index in [4.69, 9.17) is 16.9 Å². The van der Waals surface area contributed by atoms with Crippen molar-refractivity contribution in [1.82, 2.24) is 0 Å². The molecule has 0 atom stereocenters. The number of hydrogen-bond donors (Lipinski definition) is 0. The van der Waals surface area contributed by atoms with Gasteiger partial charge in [0.15, 0.2) is 13.6 Å². The number of para-hydroxylation sites is 2. The number of fused-ring (bicyclic) bond motifs is 2. The van der Waals surface area contributed by atoms with Crippen molar-refractivity contribution in [2.45, 2.75) is 101 Å². The molecule has 0 bridgehead atoms. The summed E-state index contributed by atoms with van der Waals surface area (Å²) in [6.07, 6.45) is 16.1. The predicted molar refractivity (Wildman–Crippen MR) is 237 cm³/mol. The summed E-state index contributed by atoms with van der Waals surface area (Å²) in [7, 11) is 2.20. The third-order valence-corrected chi connectivity index (χ3v) is 13.1. The van der Waals surface area contributed by atoms with Crippen LogP contribution in [0.15, 0.2) is 125 Å². The standard InChI is InChI=1S/C47H55BN2O8S2/c1-46(2)38-18-8-10-20-40(38)49(31-12-6-7-22-44(48)51)42(46)29-23-34-16-15-17-35(45(34)56-36-25-27-37(28-26-36)60(52,53)54)24-30-43-47(3,4)39-19-9-11-21-41(39)50(43)32-13-14-33-59-58-57-55-5/h8-11,18-21,23-30H,6-7,12-17,22,31-33H2,1-5H3. The van der Waals surface area contributed by atoms with Gasteiger partial charge in [-0.3, -0.25) is 0 Å². The van der Waals surface area contributed by atoms with Gasteiger partial charge in [-0.05, 0) is 124 Å². The highest BCUT2D eigenvalue weighted by Crippen LogP contribution is 2.48. The number of nitrogens with zero attached hydrogens (tertiary/aromatic N) is 2. The van der Waals surface area contributed by atoms with Crippen LogP contribution in [0.25, 0.3) is 0 Å². The lowest BCUT2D eigenvalue weighted by atomic mass is 9.81. The highest BCUT2D eigenvalue weighted by molar-refractivity contribution is 7.94. The molecule has 6 rings (SSSR count). The van der Waals surface area contributed by atoms with Crippen molar-refractivity contribution in [2.75, 3.05) is 30.9 Å². The zero-order chi connectivity index (χ0) is 42.9. The number of carbonyl (C=O) groups excluding carboxylic acids is 1. The summed E-state index contributed by atoms with van der Waals surface area (Å²) < 4.78 is 49.4. The molecule has 0 aromatic heterocycles. The summed E-state index contributed by atoms with van der Waals surface area (Å²) in [5, 5.41) is 4.53. The van der Waals surface area contributed by atoms with Crippen molar-refractivity contribution >= 4 is 52.8 Å². The summed E-state index contributed by atoms with van der Waals surface area (Å²) in [5.41, 5.74) is 8.51. The average Bonchev–Trinajstić information content (AvgIpc) is 3.57. The molecule has 3 aromatic carbocycles. The van der Waals surface area contributed by atoms with Gasteiger partial charge < -0.3 is 19.0 Å². The van der Waals surface area contributed by atoms with E-state index in [0.717, 1.165) is 81.4 Å². The molecule has 3 aliphatic rings. The van der Waals surface area contributed by atoms with E-state index in [0.29, 0.717) is 17.9 Å². The van der Waals surface area contributed by atoms with E-state index in [9.17, 15) is 17.8 Å². The Kier molecular flexibility index (Phi) is 15.2. The highest BCUT2D eigenvalue weighted by Gasteiger charge is 2.44. The van der Waals surface area contributed by atoms with Crippen LogP contribution in [0.5, 0.6) is 5.75 Å². The van der Waals surface area contributed by atoms with Crippen molar-refractivity contribution in [3.63, 3.8) is 0 Å². The molecule has 2 heterocycles. The molecule has 0 amide bonds. The first-order chi connectivity index (χ1) is 28.7. The van der Waals surface area contributed by atoms with Gasteiger partial charge in [0.25, 0.3) is 0 Å². The minimum atomic E-state index is -4.62. The van der Waals surface area contributed by atoms with Crippen LogP contribution in [-0.4, -0.2) is 62.7 Å². The van der Waals surface area contributed by atoms with E-state index in [-0.39, 0.29) is 21.4 Å². The number of benzene rings is 3. The van der Waals surface area contributed by atoms with Crippen molar-refractivity contribution < 1.29 is 41.3 Å². The second kappa shape index (κ2) is 20.1. The van der Waals surface area contributed by atoms with Crippen LogP contribution in [0.2, 0.25) is 0 Å². The molecule has 0 unspecified atom stereocenters. The number of anilines is 1. The maximum absolute atomic E-state index is 11.8. The first kappa shape index (κ1) is 45.3. The number of carbonyl (C=O) groups is 1. The Morgan fingerprint density at radius 3 is 2.35 bits per heavy atom. The van der Waals surface area contributed by atoms with Crippen molar-refractivity contribution in [3.05, 3.63) is 131 Å². The lowest BCUT2D eigenvalue weighted by Crippen LogP contribution is -2.28. The predicted octanol–water partition coefficient (Wildman–Crippen LogP) is 9.84. The van der Waals surface area contributed by atoms with Crippen LogP contribution in [0.4, 0.5) is 11.4 Å². The minimum absolute atomic E-state index is 0.261. The fourth-order valence-electron chi connectivity index (χ4n) is 8.52. The topological polar surface area (TPSA) is 117 Å². The van der Waals surface area contributed by atoms with Crippen molar-refractivity contribution in [3.8, 4) is 5.75 Å². The van der Waals surface area contributed by atoms with Gasteiger partial charge in [-0.25, -0.2) is 13.3 Å². The SMILES string of the molecule is [B]C(=O)CCCCC[N+]1=C(/C=C/C2=C(Oc3ccc(S(=O)(=O)[O-])cc3)C(=C/C=C3/N(CCCCSOOOC)c4ccccc4C3(C)C)/CCC2)C(C)(C)c2ccccc21. The highest BCUT2D eigenvalue weighted by atomic mass is 32.2. The summed E-state index contributed by atoms with van der Waals surface area (Å²) in [4.78, 5) is 18.0. The van der Waals surface area contributed by atoms with E-state index >= 15 is 0 Å². The summed E-state index contributed by atoms with van der Waals surface area (Å²) >= 11 is 1.22. The van der Waals surface area contributed by atoms with E-state index in [1.807, 2.05) is 0 Å². The van der Waals surface area contributed by atoms with Crippen LogP contribution in [0, 0.1) is 0 Å². The number of allylic oxidation sites excluding steroid dienone is 7. The second-order valence-corrected chi connectivity index (χ2v) is 18.6. The van der Waals surface area contributed by atoms with E-state index < -0.39 is 10.1 Å². The van der Waals surface area contributed by atoms with Gasteiger partial charge in [-0.1, -0.05) is 61.4 Å². The lowest BCUT2D eigenvalue weighted by molar-refractivity contribution is -0.447. The maximum Gasteiger partial charge on any atom is 0.209 e. The first-order valence-electron chi connectivity index (χ1n) is 20.7. The summed E-state index contributed by atoms with van der Waals surface area (Å²) in [5.74, 6) is 1.91. The molecule has 0 saturated carbocycles. The fraction of sp³-hybridized carbons (Fsp3) is 0.404. The van der Waals surface area contributed by atoms with Gasteiger partial charge in [0.1, 0.15) is 28.2 Å². The van der Waals surface area contributed by atoms with Crippen LogP contribution < -0.4 is 9.64 Å². The van der Waals surface area contributed by atoms with Gasteiger partial charge in [-0.15, -0.1) is 4.33 Å². The Morgan fingerprint density at radius 1 is 0.883 bits per heavy atom. The molecule has 0 N–H and O–H groups in total. The zero-order valence-electron chi connectivity index (χ0n) is 35.3. The molecular formula is C47H55BN2O8S2. The average molecular weight is 851 g/mol. The van der Waals surface area contributed by atoms with E-state index in [1.54, 1.807) is 12.1 Å². The Balaban J connectivity index is 1.38. The van der Waals surface area contributed by atoms with Gasteiger partial charge in [0.2, 0.25) is 5.69 Å². The third kappa shape index (κ3) is 10.6. The molecule has 316 valence electrons. The smallest absolute Gasteiger partial charge is 0.209 e. The lowest BCUT2D eigenvalue weighted by Gasteiger charge is -2.27. The quantitative estimate of drug-likeness (QED) is 0.0207. The number of hydrogen-bond acceptors (Lipinski definition) is 10. The van der Waals surface area contributed by atoms with E-state index in [2.05, 4.69) is 120 Å². The largest absolute Gasteiger partial charge is 0.744 e. The monoisotopic (exact) mass is 850 g/mol. The van der Waals surface area contributed by atoms with Gasteiger partial charge in [0, 0.05) is 65.3 Å². The van der Waals surface area contributed by atoms with E-state index in [1.165, 1.54) is 65.2 Å². The van der Waals surface area contributed by atoms with Crippen LogP contribution in [0.1, 0.15) is 96.6 Å². The van der Waals surface area contributed by atoms with Gasteiger partial charge in [0.05, 0.1) is 23.1 Å². The maximum atomic E-state index is 11.8. The molecule has 2 radical (unpaired) electrons. The number of ether oxygens (including phenoxy) is 1. The fourth-order valence-corrected chi connectivity index (χ4v) is 9.48. The summed E-state index contributed by atoms with van der Waals surface area (Å²) in [6, 6.07) is 22.8. The number of rotatable bonds is 20. The molecule has 1 aliphatic carbocycles. The molecule has 13 heteroatoms. The van der Waals surface area contributed by atoms with Crippen molar-refractivity contribution in [2.24, 2.45) is 0 Å². The zero-order valence-corrected chi connectivity index (χ0v) is 36.9. The van der Waals surface area contributed by atoms with Crippen LogP contribution in [-0.2, 0) is 40.0 Å². The van der Waals surface area contributed by atoms with Crippen LogP contribution >= 0.6 is 12.0 Å². The molecule has 60 heavy (non-hydrogen) atoms. The summed E-state index contributed by atoms with van der Waals surface area (Å²) in [6.45, 7) is 10.7. The Bertz CT molecular complexity index is 2290. The minimum Gasteiger partial charge on any atom is -0.744 e. The number of unbranched alkanes of at least 4 members (excludes halogenated alkanes) is 3. The van der Waals surface area contributed by atoms with Gasteiger partial charge in [-0.2, -0.15) is 4.58 Å². The van der Waals surface area contributed by atoms with Crippen molar-refractivity contribution in [1.29, 1.82) is 0 Å². The molecule has 0 spiro atoms. The molecule has 2 aliphatic heterocycles. The normalized spacial score (nSPS) is 18.5. The second-order valence-electron chi connectivity index (χ2n) is 16.4. The molecule has 3 aromatic rings. The Hall–Kier alpha value is -4.24.